The lowest BCUT2D eigenvalue weighted by Gasteiger charge is -2.59. The normalized spacial score (nSPS) is 51.2. The molecule has 1 nitrogen and oxygen atoms in total. The van der Waals surface area contributed by atoms with Crippen LogP contribution in [0, 0.1) is 40.4 Å². The molecular weight excluding hydrogens is 268 g/mol. The minimum Gasteiger partial charge on any atom is -0.303 e. The topological polar surface area (TPSA) is 17.1 Å². The maximum atomic E-state index is 11.2. The van der Waals surface area contributed by atoms with E-state index in [1.54, 1.807) is 0 Å². The van der Waals surface area contributed by atoms with Crippen LogP contribution in [-0.2, 0) is 4.79 Å². The minimum atomic E-state index is 0.422. The molecule has 3 saturated carbocycles. The first-order valence-corrected chi connectivity index (χ1v) is 9.91. The lowest BCUT2D eigenvalue weighted by Crippen LogP contribution is -2.51. The third-order valence-corrected chi connectivity index (χ3v) is 8.71. The Balaban J connectivity index is 1.88. The molecule has 0 amide bonds. The summed E-state index contributed by atoms with van der Waals surface area (Å²) in [4.78, 5) is 11.2. The largest absolute Gasteiger partial charge is 0.303 e. The van der Waals surface area contributed by atoms with E-state index in [0.717, 1.165) is 30.1 Å². The number of carbonyl (C=O) groups is 1. The van der Waals surface area contributed by atoms with Crippen molar-refractivity contribution in [3.63, 3.8) is 0 Å². The molecule has 0 radical (unpaired) electrons. The van der Waals surface area contributed by atoms with E-state index in [2.05, 4.69) is 27.7 Å². The quantitative estimate of drug-likeness (QED) is 0.594. The van der Waals surface area contributed by atoms with Crippen molar-refractivity contribution in [3.8, 4) is 0 Å². The van der Waals surface area contributed by atoms with Crippen molar-refractivity contribution in [3.05, 3.63) is 0 Å². The molecule has 0 saturated heterocycles. The third kappa shape index (κ3) is 2.29. The van der Waals surface area contributed by atoms with Crippen LogP contribution in [-0.4, -0.2) is 6.29 Å². The zero-order valence-corrected chi connectivity index (χ0v) is 15.2. The van der Waals surface area contributed by atoms with E-state index < -0.39 is 0 Å². The molecule has 7 unspecified atom stereocenters. The summed E-state index contributed by atoms with van der Waals surface area (Å²) in [5.74, 6) is 4.37. The van der Waals surface area contributed by atoms with E-state index in [9.17, 15) is 4.79 Å². The van der Waals surface area contributed by atoms with Gasteiger partial charge in [-0.05, 0) is 85.4 Å². The first-order valence-electron chi connectivity index (χ1n) is 9.91. The summed E-state index contributed by atoms with van der Waals surface area (Å²) >= 11 is 0. The van der Waals surface area contributed by atoms with Crippen LogP contribution < -0.4 is 0 Å². The highest BCUT2D eigenvalue weighted by Gasteiger charge is 2.58. The van der Waals surface area contributed by atoms with Gasteiger partial charge in [-0.25, -0.2) is 0 Å². The standard InChI is InChI=1S/C21H36O/c1-5-12-21(4)16(11-14-22)7-8-17-18-9-6-15(2)20(18,3)13-10-19(17)21/h14-19H,5-13H2,1-4H3. The first-order chi connectivity index (χ1) is 10.5. The molecule has 1 heteroatoms. The Kier molecular flexibility index (Phi) is 4.47. The van der Waals surface area contributed by atoms with Crippen LogP contribution in [0.15, 0.2) is 0 Å². The first kappa shape index (κ1) is 16.5. The van der Waals surface area contributed by atoms with Gasteiger partial charge in [0, 0.05) is 6.42 Å². The Morgan fingerprint density at radius 2 is 1.82 bits per heavy atom. The molecule has 3 rings (SSSR count). The van der Waals surface area contributed by atoms with Crippen LogP contribution in [0.25, 0.3) is 0 Å². The smallest absolute Gasteiger partial charge is 0.120 e. The van der Waals surface area contributed by atoms with Crippen molar-refractivity contribution in [2.75, 3.05) is 0 Å². The van der Waals surface area contributed by atoms with Crippen LogP contribution in [0.3, 0.4) is 0 Å². The van der Waals surface area contributed by atoms with Crippen LogP contribution in [0.1, 0.15) is 85.5 Å². The van der Waals surface area contributed by atoms with Gasteiger partial charge in [0.1, 0.15) is 6.29 Å². The number of fused-ring (bicyclic) bond motifs is 3. The second kappa shape index (κ2) is 5.95. The molecule has 0 aromatic heterocycles. The molecule has 0 heterocycles. The highest BCUT2D eigenvalue weighted by molar-refractivity contribution is 5.50. The molecule has 7 atom stereocenters. The molecule has 3 fully saturated rings. The summed E-state index contributed by atoms with van der Waals surface area (Å²) in [5.41, 5.74) is 1.04. The van der Waals surface area contributed by atoms with Gasteiger partial charge in [0.05, 0.1) is 0 Å². The van der Waals surface area contributed by atoms with Gasteiger partial charge in [-0.15, -0.1) is 0 Å². The molecule has 0 aromatic carbocycles. The highest BCUT2D eigenvalue weighted by Crippen LogP contribution is 2.66. The fourth-order valence-electron chi connectivity index (χ4n) is 7.23. The monoisotopic (exact) mass is 304 g/mol. The van der Waals surface area contributed by atoms with Crippen LogP contribution in [0.5, 0.6) is 0 Å². The van der Waals surface area contributed by atoms with Crippen molar-refractivity contribution >= 4 is 6.29 Å². The van der Waals surface area contributed by atoms with E-state index in [1.165, 1.54) is 57.7 Å². The van der Waals surface area contributed by atoms with Crippen LogP contribution >= 0.6 is 0 Å². The molecule has 3 aliphatic carbocycles. The molecule has 0 spiro atoms. The minimum absolute atomic E-state index is 0.422. The SMILES string of the molecule is CCCC1(C)C(CC=O)CCC2C3CCC(C)C3(C)CCC21. The van der Waals surface area contributed by atoms with Gasteiger partial charge in [0.25, 0.3) is 0 Å². The predicted molar refractivity (Wildman–Crippen MR) is 92.6 cm³/mol. The Bertz CT molecular complexity index is 416. The summed E-state index contributed by atoms with van der Waals surface area (Å²) < 4.78 is 0. The molecule has 0 bridgehead atoms. The Labute approximate surface area is 137 Å². The Morgan fingerprint density at radius 3 is 2.50 bits per heavy atom. The average Bonchev–Trinajstić information content (AvgIpc) is 2.79. The van der Waals surface area contributed by atoms with Crippen LogP contribution in [0.4, 0.5) is 0 Å². The molecule has 22 heavy (non-hydrogen) atoms. The van der Waals surface area contributed by atoms with Crippen molar-refractivity contribution < 1.29 is 4.79 Å². The summed E-state index contributed by atoms with van der Waals surface area (Å²) in [6, 6.07) is 0. The summed E-state index contributed by atoms with van der Waals surface area (Å²) in [5, 5.41) is 0. The zero-order chi connectivity index (χ0) is 16.0. The van der Waals surface area contributed by atoms with Crippen molar-refractivity contribution in [2.45, 2.75) is 85.5 Å². The lowest BCUT2D eigenvalue weighted by molar-refractivity contribution is -0.118. The van der Waals surface area contributed by atoms with Gasteiger partial charge >= 0.3 is 0 Å². The Morgan fingerprint density at radius 1 is 1.05 bits per heavy atom. The third-order valence-electron chi connectivity index (χ3n) is 8.71. The number of aldehydes is 1. The molecule has 0 N–H and O–H groups in total. The zero-order valence-electron chi connectivity index (χ0n) is 15.2. The number of carbonyl (C=O) groups excluding carboxylic acids is 1. The van der Waals surface area contributed by atoms with Gasteiger partial charge in [-0.1, -0.05) is 34.1 Å². The van der Waals surface area contributed by atoms with E-state index in [0.29, 0.717) is 16.7 Å². The fourth-order valence-corrected chi connectivity index (χ4v) is 7.23. The van der Waals surface area contributed by atoms with Crippen LogP contribution in [0.2, 0.25) is 0 Å². The fraction of sp³-hybridized carbons (Fsp3) is 0.952. The second-order valence-corrected chi connectivity index (χ2v) is 9.33. The van der Waals surface area contributed by atoms with Crippen molar-refractivity contribution in [1.29, 1.82) is 0 Å². The second-order valence-electron chi connectivity index (χ2n) is 9.33. The summed E-state index contributed by atoms with van der Waals surface area (Å²) in [6.45, 7) is 9.98. The molecule has 126 valence electrons. The highest BCUT2D eigenvalue weighted by atomic mass is 16.1. The van der Waals surface area contributed by atoms with Crippen molar-refractivity contribution in [1.82, 2.24) is 0 Å². The van der Waals surface area contributed by atoms with Crippen molar-refractivity contribution in [2.24, 2.45) is 40.4 Å². The van der Waals surface area contributed by atoms with E-state index in [1.807, 2.05) is 0 Å². The maximum absolute atomic E-state index is 11.2. The van der Waals surface area contributed by atoms with E-state index >= 15 is 0 Å². The summed E-state index contributed by atoms with van der Waals surface area (Å²) in [6.07, 6.45) is 13.1. The molecule has 0 aliphatic heterocycles. The number of hydrogen-bond donors (Lipinski definition) is 0. The lowest BCUT2D eigenvalue weighted by atomic mass is 9.46. The van der Waals surface area contributed by atoms with E-state index in [4.69, 9.17) is 0 Å². The van der Waals surface area contributed by atoms with Gasteiger partial charge in [-0.2, -0.15) is 0 Å². The Hall–Kier alpha value is -0.330. The molecule has 0 aromatic rings. The summed E-state index contributed by atoms with van der Waals surface area (Å²) in [7, 11) is 0. The molecule has 3 aliphatic rings. The van der Waals surface area contributed by atoms with Gasteiger partial charge in [0.2, 0.25) is 0 Å². The van der Waals surface area contributed by atoms with Gasteiger partial charge in [0.15, 0.2) is 0 Å². The average molecular weight is 305 g/mol. The van der Waals surface area contributed by atoms with Gasteiger partial charge < -0.3 is 4.79 Å². The maximum Gasteiger partial charge on any atom is 0.120 e. The number of rotatable bonds is 4. The van der Waals surface area contributed by atoms with Gasteiger partial charge in [-0.3, -0.25) is 0 Å². The predicted octanol–water partition coefficient (Wildman–Crippen LogP) is 5.87. The van der Waals surface area contributed by atoms with E-state index in [-0.39, 0.29) is 0 Å². The molecular formula is C21H36O. The number of hydrogen-bond acceptors (Lipinski definition) is 1.